The van der Waals surface area contributed by atoms with Gasteiger partial charge in [0.2, 0.25) is 0 Å². The molecule has 0 unspecified atom stereocenters. The molecule has 0 heterocycles. The second-order valence-electron chi connectivity index (χ2n) is 7.71. The fourth-order valence-corrected chi connectivity index (χ4v) is 4.38. The van der Waals surface area contributed by atoms with E-state index in [2.05, 4.69) is 6.92 Å². The van der Waals surface area contributed by atoms with Gasteiger partial charge in [0.25, 0.3) is 0 Å². The van der Waals surface area contributed by atoms with Gasteiger partial charge in [0.15, 0.2) is 23.3 Å². The molecule has 2 aromatic carbocycles. The third kappa shape index (κ3) is 3.81. The van der Waals surface area contributed by atoms with E-state index < -0.39 is 40.2 Å². The summed E-state index contributed by atoms with van der Waals surface area (Å²) in [7, 11) is 0. The van der Waals surface area contributed by atoms with Crippen molar-refractivity contribution in [2.24, 2.45) is 5.92 Å². The minimum atomic E-state index is -1.45. The van der Waals surface area contributed by atoms with E-state index in [4.69, 9.17) is 0 Å². The minimum Gasteiger partial charge on any atom is -0.206 e. The summed E-state index contributed by atoms with van der Waals surface area (Å²) in [6.07, 6.45) is 5.59. The number of hydrogen-bond donors (Lipinski definition) is 0. The van der Waals surface area contributed by atoms with Gasteiger partial charge in [-0.3, -0.25) is 0 Å². The van der Waals surface area contributed by atoms with Crippen LogP contribution in [-0.2, 0) is 6.42 Å². The Labute approximate surface area is 162 Å². The van der Waals surface area contributed by atoms with Gasteiger partial charge in [-0.2, -0.15) is 0 Å². The number of rotatable bonds is 5. The Kier molecular flexibility index (Phi) is 6.41. The van der Waals surface area contributed by atoms with Crippen LogP contribution in [0, 0.1) is 35.0 Å². The molecule has 1 fully saturated rings. The molecule has 1 aliphatic rings. The largest absolute Gasteiger partial charge is 0.206 e. The van der Waals surface area contributed by atoms with E-state index in [1.54, 1.807) is 6.92 Å². The Morgan fingerprint density at radius 2 is 1.50 bits per heavy atom. The van der Waals surface area contributed by atoms with Crippen LogP contribution in [0.4, 0.5) is 22.0 Å². The fraction of sp³-hybridized carbons (Fsp3) is 0.478. The molecule has 0 aromatic heterocycles. The van der Waals surface area contributed by atoms with Crippen molar-refractivity contribution < 1.29 is 22.0 Å². The van der Waals surface area contributed by atoms with Gasteiger partial charge in [0, 0.05) is 5.56 Å². The second-order valence-corrected chi connectivity index (χ2v) is 7.71. The summed E-state index contributed by atoms with van der Waals surface area (Å²) in [6, 6.07) is 3.34. The fourth-order valence-electron chi connectivity index (χ4n) is 4.38. The van der Waals surface area contributed by atoms with Gasteiger partial charge in [-0.05, 0) is 61.1 Å². The molecule has 0 bridgehead atoms. The molecule has 152 valence electrons. The maximum Gasteiger partial charge on any atom is 0.169 e. The zero-order valence-electron chi connectivity index (χ0n) is 16.2. The summed E-state index contributed by atoms with van der Waals surface area (Å²) in [5, 5.41) is 0. The van der Waals surface area contributed by atoms with E-state index in [1.807, 2.05) is 0 Å². The SMILES string of the molecule is CCCC1CCC(c2cc(F)c(-c3ccc(CC)c(F)c3F)c(F)c2F)CC1. The third-order valence-electron chi connectivity index (χ3n) is 5.98. The molecule has 0 spiro atoms. The van der Waals surface area contributed by atoms with Gasteiger partial charge < -0.3 is 0 Å². The molecule has 1 saturated carbocycles. The van der Waals surface area contributed by atoms with Crippen molar-refractivity contribution in [1.29, 1.82) is 0 Å². The first-order valence-electron chi connectivity index (χ1n) is 10.0. The maximum absolute atomic E-state index is 14.8. The molecule has 28 heavy (non-hydrogen) atoms. The lowest BCUT2D eigenvalue weighted by atomic mass is 9.77. The Morgan fingerprint density at radius 3 is 2.11 bits per heavy atom. The highest BCUT2D eigenvalue weighted by molar-refractivity contribution is 5.67. The van der Waals surface area contributed by atoms with E-state index in [0.29, 0.717) is 18.8 Å². The Balaban J connectivity index is 1.97. The highest BCUT2D eigenvalue weighted by atomic mass is 19.2. The van der Waals surface area contributed by atoms with Crippen LogP contribution in [0.25, 0.3) is 11.1 Å². The zero-order chi connectivity index (χ0) is 20.4. The van der Waals surface area contributed by atoms with Crippen molar-refractivity contribution >= 4 is 0 Å². The summed E-state index contributed by atoms with van der Waals surface area (Å²) in [5.41, 5.74) is -1.34. The number of benzene rings is 2. The maximum atomic E-state index is 14.8. The third-order valence-corrected chi connectivity index (χ3v) is 5.98. The Hall–Kier alpha value is -1.91. The van der Waals surface area contributed by atoms with Crippen LogP contribution in [0.1, 0.15) is 69.4 Å². The molecular formula is C23H25F5. The van der Waals surface area contributed by atoms with Crippen molar-refractivity contribution in [3.05, 3.63) is 58.4 Å². The van der Waals surface area contributed by atoms with Crippen molar-refractivity contribution in [1.82, 2.24) is 0 Å². The van der Waals surface area contributed by atoms with Crippen LogP contribution in [0.2, 0.25) is 0 Å². The smallest absolute Gasteiger partial charge is 0.169 e. The number of halogens is 5. The molecule has 0 aliphatic heterocycles. The lowest BCUT2D eigenvalue weighted by molar-refractivity contribution is 0.302. The van der Waals surface area contributed by atoms with Crippen LogP contribution in [0.15, 0.2) is 18.2 Å². The average Bonchev–Trinajstić information content (AvgIpc) is 2.69. The standard InChI is InChI=1S/C23H25F5/c1-3-5-13-6-8-15(9-7-13)17-12-18(24)19(23(28)22(17)27)16-11-10-14(4-2)20(25)21(16)26/h10-13,15H,3-9H2,1-2H3. The predicted octanol–water partition coefficient (Wildman–Crippen LogP) is 7.69. The van der Waals surface area contributed by atoms with Crippen molar-refractivity contribution in [3.63, 3.8) is 0 Å². The molecule has 5 heteroatoms. The monoisotopic (exact) mass is 396 g/mol. The first-order chi connectivity index (χ1) is 13.4. The minimum absolute atomic E-state index is 0.000225. The lowest BCUT2D eigenvalue weighted by Gasteiger charge is -2.29. The predicted molar refractivity (Wildman–Crippen MR) is 101 cm³/mol. The van der Waals surface area contributed by atoms with Gasteiger partial charge in [0.05, 0.1) is 5.56 Å². The van der Waals surface area contributed by atoms with Gasteiger partial charge in [-0.25, -0.2) is 22.0 Å². The molecular weight excluding hydrogens is 371 g/mol. The summed E-state index contributed by atoms with van der Waals surface area (Å²) in [5.74, 6) is -5.86. The highest BCUT2D eigenvalue weighted by Gasteiger charge is 2.29. The highest BCUT2D eigenvalue weighted by Crippen LogP contribution is 2.41. The van der Waals surface area contributed by atoms with Crippen molar-refractivity contribution in [2.45, 2.75) is 64.7 Å². The Morgan fingerprint density at radius 1 is 0.821 bits per heavy atom. The van der Waals surface area contributed by atoms with E-state index in [1.165, 1.54) is 6.07 Å². The lowest BCUT2D eigenvalue weighted by Crippen LogP contribution is -2.15. The van der Waals surface area contributed by atoms with Crippen LogP contribution >= 0.6 is 0 Å². The molecule has 0 atom stereocenters. The summed E-state index contributed by atoms with van der Waals surface area (Å²) in [6.45, 7) is 3.76. The summed E-state index contributed by atoms with van der Waals surface area (Å²) < 4.78 is 72.7. The summed E-state index contributed by atoms with van der Waals surface area (Å²) in [4.78, 5) is 0. The molecule has 0 radical (unpaired) electrons. The first kappa shape index (κ1) is 20.8. The van der Waals surface area contributed by atoms with Crippen LogP contribution in [0.5, 0.6) is 0 Å². The van der Waals surface area contributed by atoms with Crippen LogP contribution < -0.4 is 0 Å². The van der Waals surface area contributed by atoms with Crippen LogP contribution in [-0.4, -0.2) is 0 Å². The molecule has 0 amide bonds. The molecule has 0 nitrogen and oxygen atoms in total. The van der Waals surface area contributed by atoms with Gasteiger partial charge in [-0.1, -0.05) is 38.8 Å². The van der Waals surface area contributed by atoms with Crippen LogP contribution in [0.3, 0.4) is 0 Å². The zero-order valence-corrected chi connectivity index (χ0v) is 16.2. The second kappa shape index (κ2) is 8.62. The normalized spacial score (nSPS) is 19.8. The molecule has 0 N–H and O–H groups in total. The van der Waals surface area contributed by atoms with Gasteiger partial charge >= 0.3 is 0 Å². The van der Waals surface area contributed by atoms with Gasteiger partial charge in [-0.15, -0.1) is 0 Å². The van der Waals surface area contributed by atoms with Gasteiger partial charge in [0.1, 0.15) is 5.82 Å². The molecule has 1 aliphatic carbocycles. The van der Waals surface area contributed by atoms with E-state index >= 15 is 0 Å². The summed E-state index contributed by atoms with van der Waals surface area (Å²) >= 11 is 0. The number of aryl methyl sites for hydroxylation is 1. The Bertz CT molecular complexity index is 851. The van der Waals surface area contributed by atoms with Crippen molar-refractivity contribution in [3.8, 4) is 11.1 Å². The van der Waals surface area contributed by atoms with Crippen molar-refractivity contribution in [2.75, 3.05) is 0 Å². The average molecular weight is 396 g/mol. The first-order valence-corrected chi connectivity index (χ1v) is 10.0. The van der Waals surface area contributed by atoms with E-state index in [0.717, 1.165) is 37.8 Å². The molecule has 3 rings (SSSR count). The quantitative estimate of drug-likeness (QED) is 0.359. The molecule has 0 saturated heterocycles. The van der Waals surface area contributed by atoms with E-state index in [9.17, 15) is 22.0 Å². The number of hydrogen-bond acceptors (Lipinski definition) is 0. The van der Waals surface area contributed by atoms with E-state index in [-0.39, 0.29) is 23.5 Å². The molecule has 2 aromatic rings. The topological polar surface area (TPSA) is 0 Å².